The Labute approximate surface area is 234 Å². The smallest absolute Gasteiger partial charge is 0.335 e. The van der Waals surface area contributed by atoms with Crippen LogP contribution in [0.1, 0.15) is 87.7 Å². The van der Waals surface area contributed by atoms with E-state index >= 15 is 0 Å². The molecule has 2 aromatic carbocycles. The third-order valence-electron chi connectivity index (χ3n) is 8.23. The first kappa shape index (κ1) is 29.1. The topological polar surface area (TPSA) is 65.1 Å². The molecule has 0 saturated heterocycles. The minimum atomic E-state index is -0.594. The predicted octanol–water partition coefficient (Wildman–Crippen LogP) is 6.53. The van der Waals surface area contributed by atoms with Crippen molar-refractivity contribution in [2.45, 2.75) is 84.2 Å². The van der Waals surface area contributed by atoms with Gasteiger partial charge in [-0.15, -0.1) is 0 Å². The van der Waals surface area contributed by atoms with Crippen molar-refractivity contribution < 1.29 is 23.8 Å². The number of esters is 1. The number of nitrogens with zero attached hydrogens (tertiary/aromatic N) is 1. The quantitative estimate of drug-likeness (QED) is 0.228. The maximum absolute atomic E-state index is 13.2. The van der Waals surface area contributed by atoms with Crippen LogP contribution in [0.25, 0.3) is 0 Å². The van der Waals surface area contributed by atoms with Gasteiger partial charge in [-0.2, -0.15) is 0 Å². The van der Waals surface area contributed by atoms with E-state index in [9.17, 15) is 9.59 Å². The second-order valence-electron chi connectivity index (χ2n) is 11.4. The van der Waals surface area contributed by atoms with Gasteiger partial charge in [-0.1, -0.05) is 45.2 Å². The van der Waals surface area contributed by atoms with Crippen molar-refractivity contribution in [1.29, 1.82) is 0 Å². The number of fused-ring (bicyclic) bond motifs is 1. The zero-order valence-electron chi connectivity index (χ0n) is 24.2. The molecule has 2 aliphatic rings. The largest absolute Gasteiger partial charge is 0.492 e. The molecule has 1 atom stereocenters. The van der Waals surface area contributed by atoms with Gasteiger partial charge < -0.3 is 19.1 Å². The van der Waals surface area contributed by atoms with E-state index in [1.54, 1.807) is 6.92 Å². The number of hydrogen-bond donors (Lipinski definition) is 0. The molecule has 1 unspecified atom stereocenters. The van der Waals surface area contributed by atoms with Gasteiger partial charge in [0.2, 0.25) is 0 Å². The van der Waals surface area contributed by atoms with Gasteiger partial charge in [0.05, 0.1) is 13.2 Å². The second-order valence-corrected chi connectivity index (χ2v) is 11.4. The van der Waals surface area contributed by atoms with E-state index in [0.717, 1.165) is 49.2 Å². The van der Waals surface area contributed by atoms with Crippen LogP contribution in [-0.4, -0.2) is 50.8 Å². The number of Topliss-reactive ketones (excluding diaryl/α,β-unsaturated/α-hetero) is 1. The Morgan fingerprint density at radius 2 is 1.74 bits per heavy atom. The summed E-state index contributed by atoms with van der Waals surface area (Å²) in [6.07, 6.45) is 6.57. The number of benzene rings is 2. The van der Waals surface area contributed by atoms with Gasteiger partial charge in [-0.3, -0.25) is 4.79 Å². The second kappa shape index (κ2) is 13.5. The van der Waals surface area contributed by atoms with Crippen LogP contribution >= 0.6 is 0 Å². The normalized spacial score (nSPS) is 17.8. The van der Waals surface area contributed by atoms with Crippen LogP contribution in [0, 0.1) is 5.92 Å². The average molecular weight is 536 g/mol. The summed E-state index contributed by atoms with van der Waals surface area (Å²) in [6.45, 7) is 11.3. The summed E-state index contributed by atoms with van der Waals surface area (Å²) in [6, 6.07) is 14.2. The molecule has 0 amide bonds. The molecule has 212 valence electrons. The summed E-state index contributed by atoms with van der Waals surface area (Å²) in [7, 11) is 0. The highest BCUT2D eigenvalue weighted by Gasteiger charge is 2.33. The van der Waals surface area contributed by atoms with Crippen LogP contribution < -0.4 is 9.64 Å². The van der Waals surface area contributed by atoms with Crippen LogP contribution in [0.3, 0.4) is 0 Å². The molecule has 1 fully saturated rings. The Kier molecular flexibility index (Phi) is 10.1. The number of anilines is 1. The minimum Gasteiger partial charge on any atom is -0.492 e. The zero-order valence-corrected chi connectivity index (χ0v) is 24.2. The lowest BCUT2D eigenvalue weighted by atomic mass is 9.76. The lowest BCUT2D eigenvalue weighted by molar-refractivity contribution is -0.156. The van der Waals surface area contributed by atoms with Gasteiger partial charge in [0.1, 0.15) is 12.4 Å². The molecule has 4 rings (SSSR count). The molecule has 1 aliphatic carbocycles. The summed E-state index contributed by atoms with van der Waals surface area (Å²) in [5, 5.41) is 0. The summed E-state index contributed by atoms with van der Waals surface area (Å²) in [4.78, 5) is 27.8. The molecule has 1 heterocycles. The molecule has 0 N–H and O–H groups in total. The Balaban J connectivity index is 1.36. The molecule has 2 aromatic rings. The van der Waals surface area contributed by atoms with E-state index in [0.29, 0.717) is 32.0 Å². The number of rotatable bonds is 12. The van der Waals surface area contributed by atoms with E-state index < -0.39 is 6.10 Å². The summed E-state index contributed by atoms with van der Waals surface area (Å²) in [5.41, 5.74) is 4.39. The summed E-state index contributed by atoms with van der Waals surface area (Å²) >= 11 is 0. The summed E-state index contributed by atoms with van der Waals surface area (Å²) < 4.78 is 16.8. The van der Waals surface area contributed by atoms with E-state index in [4.69, 9.17) is 14.2 Å². The maximum Gasteiger partial charge on any atom is 0.335 e. The molecule has 6 nitrogen and oxygen atoms in total. The number of carbonyl (C=O) groups is 2. The Hall–Kier alpha value is -2.86. The molecular weight excluding hydrogens is 490 g/mol. The number of hydrogen-bond acceptors (Lipinski definition) is 6. The van der Waals surface area contributed by atoms with Gasteiger partial charge in [0.25, 0.3) is 0 Å². The molecular formula is C33H45NO5. The number of carbonyl (C=O) groups excluding carboxylic acids is 2. The highest BCUT2D eigenvalue weighted by molar-refractivity contribution is 5.98. The molecule has 0 aromatic heterocycles. The standard InChI is InChI=1S/C33H45NO5/c1-5-37-30(32(36)38-6-2)22-24-12-15-27(16-13-24)39-21-20-34-19-18-33(3,4)28-23-26(14-17-29(28)34)31(35)25-10-8-7-9-11-25/h12-17,23,25,30H,5-11,18-22H2,1-4H3. The lowest BCUT2D eigenvalue weighted by Crippen LogP contribution is -2.39. The first-order chi connectivity index (χ1) is 18.8. The van der Waals surface area contributed by atoms with E-state index in [2.05, 4.69) is 30.9 Å². The van der Waals surface area contributed by atoms with Crippen molar-refractivity contribution in [2.75, 3.05) is 37.8 Å². The van der Waals surface area contributed by atoms with Crippen LogP contribution in [0.2, 0.25) is 0 Å². The van der Waals surface area contributed by atoms with Crippen LogP contribution in [0.5, 0.6) is 5.75 Å². The lowest BCUT2D eigenvalue weighted by Gasteiger charge is -2.40. The van der Waals surface area contributed by atoms with Crippen molar-refractivity contribution in [3.63, 3.8) is 0 Å². The molecule has 0 spiro atoms. The molecule has 39 heavy (non-hydrogen) atoms. The zero-order chi connectivity index (χ0) is 27.8. The van der Waals surface area contributed by atoms with Crippen molar-refractivity contribution in [3.8, 4) is 5.75 Å². The minimum absolute atomic E-state index is 0.0360. The maximum atomic E-state index is 13.2. The Bertz CT molecular complexity index is 1100. The molecule has 0 radical (unpaired) electrons. The fourth-order valence-corrected chi connectivity index (χ4v) is 5.87. The SMILES string of the molecule is CCOC(=O)C(Cc1ccc(OCCN2CCC(C)(C)c3cc(C(=O)C4CCCCC4)ccc32)cc1)OCC. The highest BCUT2D eigenvalue weighted by Crippen LogP contribution is 2.40. The van der Waals surface area contributed by atoms with Crippen molar-refractivity contribution in [3.05, 3.63) is 59.2 Å². The fourth-order valence-electron chi connectivity index (χ4n) is 5.87. The third-order valence-corrected chi connectivity index (χ3v) is 8.23. The van der Waals surface area contributed by atoms with Crippen molar-refractivity contribution >= 4 is 17.4 Å². The molecule has 0 bridgehead atoms. The monoisotopic (exact) mass is 535 g/mol. The molecule has 1 aliphatic heterocycles. The van der Waals surface area contributed by atoms with Gasteiger partial charge in [-0.25, -0.2) is 4.79 Å². The van der Waals surface area contributed by atoms with E-state index in [1.165, 1.54) is 30.5 Å². The first-order valence-corrected chi connectivity index (χ1v) is 14.8. The van der Waals surface area contributed by atoms with Crippen LogP contribution in [-0.2, 0) is 26.1 Å². The number of ketones is 1. The Morgan fingerprint density at radius 1 is 1.00 bits per heavy atom. The fraction of sp³-hybridized carbons (Fsp3) is 0.576. The van der Waals surface area contributed by atoms with Gasteiger partial charge >= 0.3 is 5.97 Å². The molecule has 1 saturated carbocycles. The van der Waals surface area contributed by atoms with E-state index in [-0.39, 0.29) is 17.3 Å². The predicted molar refractivity (Wildman–Crippen MR) is 155 cm³/mol. The highest BCUT2D eigenvalue weighted by atomic mass is 16.6. The van der Waals surface area contributed by atoms with Crippen LogP contribution in [0.4, 0.5) is 5.69 Å². The van der Waals surface area contributed by atoms with Gasteiger partial charge in [0.15, 0.2) is 11.9 Å². The third kappa shape index (κ3) is 7.42. The van der Waals surface area contributed by atoms with Gasteiger partial charge in [0, 0.05) is 36.7 Å². The Morgan fingerprint density at radius 3 is 2.44 bits per heavy atom. The van der Waals surface area contributed by atoms with Gasteiger partial charge in [-0.05, 0) is 80.0 Å². The first-order valence-electron chi connectivity index (χ1n) is 14.8. The molecule has 6 heteroatoms. The van der Waals surface area contributed by atoms with Crippen molar-refractivity contribution in [1.82, 2.24) is 0 Å². The van der Waals surface area contributed by atoms with Crippen LogP contribution in [0.15, 0.2) is 42.5 Å². The van der Waals surface area contributed by atoms with Crippen molar-refractivity contribution in [2.24, 2.45) is 5.92 Å². The summed E-state index contributed by atoms with van der Waals surface area (Å²) in [5.74, 6) is 0.991. The average Bonchev–Trinajstić information content (AvgIpc) is 2.95. The number of ether oxygens (including phenoxy) is 3. The van der Waals surface area contributed by atoms with E-state index in [1.807, 2.05) is 37.3 Å².